The lowest BCUT2D eigenvalue weighted by atomic mass is 9.97. The smallest absolute Gasteiger partial charge is 0.331 e. The fourth-order valence-corrected chi connectivity index (χ4v) is 0.915. The molecule has 1 unspecified atom stereocenters. The Morgan fingerprint density at radius 2 is 1.87 bits per heavy atom. The molecule has 0 spiro atoms. The monoisotopic (exact) mass is 216 g/mol. The number of carbonyl (C=O) groups is 3. The molecule has 6 nitrogen and oxygen atoms in total. The summed E-state index contributed by atoms with van der Waals surface area (Å²) in [6, 6.07) is 0. The van der Waals surface area contributed by atoms with Crippen molar-refractivity contribution in [2.45, 2.75) is 13.3 Å². The van der Waals surface area contributed by atoms with Gasteiger partial charge >= 0.3 is 17.9 Å². The molecule has 0 bridgehead atoms. The van der Waals surface area contributed by atoms with Gasteiger partial charge in [-0.2, -0.15) is 0 Å². The van der Waals surface area contributed by atoms with E-state index in [0.717, 1.165) is 0 Å². The molecule has 0 fully saturated rings. The number of aliphatic carboxylic acids is 2. The van der Waals surface area contributed by atoms with Crippen LogP contribution in [0.15, 0.2) is 12.2 Å². The number of rotatable bonds is 6. The molecule has 0 radical (unpaired) electrons. The van der Waals surface area contributed by atoms with Gasteiger partial charge in [-0.25, -0.2) is 4.79 Å². The van der Waals surface area contributed by atoms with Crippen LogP contribution in [-0.4, -0.2) is 34.7 Å². The van der Waals surface area contributed by atoms with E-state index in [0.29, 0.717) is 0 Å². The number of esters is 1. The number of carbonyl (C=O) groups excluding carboxylic acids is 1. The molecule has 1 atom stereocenters. The zero-order valence-corrected chi connectivity index (χ0v) is 8.23. The van der Waals surface area contributed by atoms with Gasteiger partial charge in [0.05, 0.1) is 18.9 Å². The quantitative estimate of drug-likeness (QED) is 0.488. The first-order valence-electron chi connectivity index (χ1n) is 4.20. The molecule has 0 rings (SSSR count). The van der Waals surface area contributed by atoms with Crippen molar-refractivity contribution in [2.24, 2.45) is 5.92 Å². The van der Waals surface area contributed by atoms with Crippen LogP contribution in [0.25, 0.3) is 0 Å². The van der Waals surface area contributed by atoms with Crippen molar-refractivity contribution in [3.05, 3.63) is 12.2 Å². The van der Waals surface area contributed by atoms with Crippen molar-refractivity contribution in [3.8, 4) is 0 Å². The molecule has 0 aromatic rings. The van der Waals surface area contributed by atoms with Gasteiger partial charge in [0.2, 0.25) is 0 Å². The summed E-state index contributed by atoms with van der Waals surface area (Å²) in [6.45, 7) is 4.75. The lowest BCUT2D eigenvalue weighted by Gasteiger charge is -2.12. The Labute approximate surface area is 86.2 Å². The Kier molecular flexibility index (Phi) is 5.08. The van der Waals surface area contributed by atoms with E-state index in [9.17, 15) is 14.4 Å². The van der Waals surface area contributed by atoms with Gasteiger partial charge in [-0.1, -0.05) is 6.58 Å². The molecular formula is C9H12O6. The molecule has 6 heteroatoms. The van der Waals surface area contributed by atoms with E-state index < -0.39 is 35.8 Å². The molecule has 0 heterocycles. The Morgan fingerprint density at radius 1 is 1.33 bits per heavy atom. The van der Waals surface area contributed by atoms with E-state index in [-0.39, 0.29) is 6.61 Å². The van der Waals surface area contributed by atoms with Crippen LogP contribution in [0.2, 0.25) is 0 Å². The van der Waals surface area contributed by atoms with Crippen molar-refractivity contribution in [1.82, 2.24) is 0 Å². The average Bonchev–Trinajstić information content (AvgIpc) is 2.13. The summed E-state index contributed by atoms with van der Waals surface area (Å²) in [4.78, 5) is 32.1. The zero-order valence-electron chi connectivity index (χ0n) is 8.23. The molecule has 0 saturated carbocycles. The molecule has 0 aliphatic carbocycles. The third-order valence-electron chi connectivity index (χ3n) is 1.65. The minimum Gasteiger partial charge on any atom is -0.481 e. The van der Waals surface area contributed by atoms with Gasteiger partial charge in [-0.15, -0.1) is 0 Å². The highest BCUT2D eigenvalue weighted by Gasteiger charge is 2.29. The van der Waals surface area contributed by atoms with Crippen LogP contribution < -0.4 is 0 Å². The highest BCUT2D eigenvalue weighted by Crippen LogP contribution is 2.16. The van der Waals surface area contributed by atoms with E-state index >= 15 is 0 Å². The van der Waals surface area contributed by atoms with Gasteiger partial charge in [0.1, 0.15) is 0 Å². The molecular weight excluding hydrogens is 204 g/mol. The Bertz CT molecular complexity index is 293. The molecule has 0 aliphatic rings. The Hall–Kier alpha value is -1.85. The minimum absolute atomic E-state index is 0.0574. The van der Waals surface area contributed by atoms with E-state index in [4.69, 9.17) is 10.2 Å². The van der Waals surface area contributed by atoms with Gasteiger partial charge in [-0.05, 0) is 6.92 Å². The van der Waals surface area contributed by atoms with Gasteiger partial charge in [0.15, 0.2) is 0 Å². The molecule has 0 aromatic carbocycles. The number of ether oxygens (including phenoxy) is 1. The molecule has 0 aromatic heterocycles. The van der Waals surface area contributed by atoms with Crippen LogP contribution in [0.1, 0.15) is 13.3 Å². The van der Waals surface area contributed by atoms with Crippen LogP contribution in [0.4, 0.5) is 0 Å². The summed E-state index contributed by atoms with van der Waals surface area (Å²) in [5, 5.41) is 17.1. The Balaban J connectivity index is 4.72. The fraction of sp³-hybridized carbons (Fsp3) is 0.444. The maximum absolute atomic E-state index is 11.2. The molecule has 0 amide bonds. The number of carboxylic acid groups (broad SMARTS) is 2. The van der Waals surface area contributed by atoms with Crippen molar-refractivity contribution >= 4 is 17.9 Å². The summed E-state index contributed by atoms with van der Waals surface area (Å²) in [5.74, 6) is -4.91. The number of carboxylic acids is 2. The minimum atomic E-state index is -1.41. The second-order valence-electron chi connectivity index (χ2n) is 2.73. The maximum Gasteiger partial charge on any atom is 0.331 e. The van der Waals surface area contributed by atoms with Crippen molar-refractivity contribution in [2.75, 3.05) is 6.61 Å². The summed E-state index contributed by atoms with van der Waals surface area (Å²) < 4.78 is 4.55. The molecule has 15 heavy (non-hydrogen) atoms. The second-order valence-corrected chi connectivity index (χ2v) is 2.73. The number of hydrogen-bond donors (Lipinski definition) is 2. The van der Waals surface area contributed by atoms with Gasteiger partial charge in [0.25, 0.3) is 0 Å². The van der Waals surface area contributed by atoms with Gasteiger partial charge in [-0.3, -0.25) is 9.59 Å². The number of hydrogen-bond acceptors (Lipinski definition) is 4. The highest BCUT2D eigenvalue weighted by atomic mass is 16.5. The van der Waals surface area contributed by atoms with Crippen molar-refractivity contribution < 1.29 is 29.3 Å². The van der Waals surface area contributed by atoms with Crippen LogP contribution in [0.3, 0.4) is 0 Å². The highest BCUT2D eigenvalue weighted by molar-refractivity contribution is 5.95. The van der Waals surface area contributed by atoms with Crippen LogP contribution in [-0.2, 0) is 19.1 Å². The molecule has 2 N–H and O–H groups in total. The molecule has 0 aliphatic heterocycles. The topological polar surface area (TPSA) is 101 Å². The average molecular weight is 216 g/mol. The first kappa shape index (κ1) is 13.2. The summed E-state index contributed by atoms with van der Waals surface area (Å²) in [6.07, 6.45) is -0.635. The van der Waals surface area contributed by atoms with Crippen molar-refractivity contribution in [1.29, 1.82) is 0 Å². The van der Waals surface area contributed by atoms with E-state index in [1.54, 1.807) is 6.92 Å². The third-order valence-corrected chi connectivity index (χ3v) is 1.65. The molecule has 84 valence electrons. The molecule has 0 saturated heterocycles. The normalized spacial score (nSPS) is 11.5. The van der Waals surface area contributed by atoms with Gasteiger partial charge < -0.3 is 14.9 Å². The van der Waals surface area contributed by atoms with Crippen LogP contribution >= 0.6 is 0 Å². The van der Waals surface area contributed by atoms with Gasteiger partial charge in [0, 0.05) is 5.57 Å². The first-order chi connectivity index (χ1) is 6.90. The van der Waals surface area contributed by atoms with E-state index in [1.807, 2.05) is 0 Å². The second kappa shape index (κ2) is 5.79. The standard InChI is InChI=1S/C9H12O6/c1-3-15-9(14)6(4-7(10)11)5(2)8(12)13/h6H,2-4H2,1H3,(H,10,11)(H,12,13). The SMILES string of the molecule is C=C(C(=O)O)C(CC(=O)O)C(=O)OCC. The Morgan fingerprint density at radius 3 is 2.20 bits per heavy atom. The van der Waals surface area contributed by atoms with Crippen molar-refractivity contribution in [3.63, 3.8) is 0 Å². The van der Waals surface area contributed by atoms with E-state index in [1.165, 1.54) is 0 Å². The van der Waals surface area contributed by atoms with Crippen LogP contribution in [0, 0.1) is 5.92 Å². The lowest BCUT2D eigenvalue weighted by Crippen LogP contribution is -2.25. The predicted octanol–water partition coefficient (Wildman–Crippen LogP) is 0.281. The third kappa shape index (κ3) is 4.26. The summed E-state index contributed by atoms with van der Waals surface area (Å²) in [7, 11) is 0. The van der Waals surface area contributed by atoms with E-state index in [2.05, 4.69) is 11.3 Å². The lowest BCUT2D eigenvalue weighted by molar-refractivity contribution is -0.152. The maximum atomic E-state index is 11.2. The first-order valence-corrected chi connectivity index (χ1v) is 4.20. The summed E-state index contributed by atoms with van der Waals surface area (Å²) >= 11 is 0. The fourth-order valence-electron chi connectivity index (χ4n) is 0.915. The summed E-state index contributed by atoms with van der Waals surface area (Å²) in [5.41, 5.74) is -0.476. The predicted molar refractivity (Wildman–Crippen MR) is 49.2 cm³/mol. The van der Waals surface area contributed by atoms with Crippen LogP contribution in [0.5, 0.6) is 0 Å². The zero-order chi connectivity index (χ0) is 12.0. The largest absolute Gasteiger partial charge is 0.481 e.